The molecule has 2 aromatic rings. The molecule has 0 atom stereocenters. The van der Waals surface area contributed by atoms with Gasteiger partial charge in [0, 0.05) is 6.04 Å². The number of nitrogens with one attached hydrogen (secondary N) is 1. The van der Waals surface area contributed by atoms with Gasteiger partial charge in [0.05, 0.1) is 0 Å². The number of imidazole rings is 1. The van der Waals surface area contributed by atoms with Gasteiger partial charge in [0.1, 0.15) is 11.8 Å². The van der Waals surface area contributed by atoms with E-state index in [1.54, 1.807) is 4.57 Å². The monoisotopic (exact) mass is 167 g/mol. The maximum Gasteiger partial charge on any atom is 0.328 e. The standard InChI is InChI=1S/C7H9N3O2/c1-4(2)10-6-5(3-12-9-6)8-7(10)11/h3-4H,1-2H3,(H,8,11). The van der Waals surface area contributed by atoms with Crippen LogP contribution in [0.15, 0.2) is 15.6 Å². The Morgan fingerprint density at radius 2 is 2.42 bits per heavy atom. The molecule has 0 aromatic carbocycles. The first-order valence-electron chi connectivity index (χ1n) is 3.74. The fourth-order valence-corrected chi connectivity index (χ4v) is 1.24. The lowest BCUT2D eigenvalue weighted by molar-refractivity contribution is 0.418. The van der Waals surface area contributed by atoms with Crippen molar-refractivity contribution in [3.05, 3.63) is 16.7 Å². The number of aromatic nitrogens is 3. The van der Waals surface area contributed by atoms with Crippen LogP contribution in [0, 0.1) is 0 Å². The summed E-state index contributed by atoms with van der Waals surface area (Å²) in [4.78, 5) is 13.9. The molecule has 0 saturated carbocycles. The number of H-pyrrole nitrogens is 1. The van der Waals surface area contributed by atoms with Crippen molar-refractivity contribution >= 4 is 11.2 Å². The second kappa shape index (κ2) is 2.23. The SMILES string of the molecule is CC(C)n1c(=O)[nH]c2conc21. The Morgan fingerprint density at radius 3 is 3.08 bits per heavy atom. The number of aromatic amines is 1. The van der Waals surface area contributed by atoms with Crippen molar-refractivity contribution in [2.24, 2.45) is 0 Å². The van der Waals surface area contributed by atoms with Crippen LogP contribution in [0.3, 0.4) is 0 Å². The van der Waals surface area contributed by atoms with Crippen LogP contribution in [-0.4, -0.2) is 14.7 Å². The van der Waals surface area contributed by atoms with Crippen molar-refractivity contribution in [3.8, 4) is 0 Å². The average Bonchev–Trinajstić information content (AvgIpc) is 2.44. The van der Waals surface area contributed by atoms with Gasteiger partial charge in [-0.2, -0.15) is 0 Å². The van der Waals surface area contributed by atoms with Crippen molar-refractivity contribution in [2.45, 2.75) is 19.9 Å². The van der Waals surface area contributed by atoms with Gasteiger partial charge in [0.25, 0.3) is 0 Å². The molecule has 5 nitrogen and oxygen atoms in total. The zero-order valence-electron chi connectivity index (χ0n) is 6.87. The summed E-state index contributed by atoms with van der Waals surface area (Å²) in [6.45, 7) is 3.84. The van der Waals surface area contributed by atoms with Crippen LogP contribution in [-0.2, 0) is 0 Å². The molecule has 0 amide bonds. The highest BCUT2D eigenvalue weighted by Gasteiger charge is 2.11. The number of rotatable bonds is 1. The van der Waals surface area contributed by atoms with Crippen molar-refractivity contribution in [1.82, 2.24) is 14.7 Å². The summed E-state index contributed by atoms with van der Waals surface area (Å²) in [5.74, 6) is 0. The molecule has 2 heterocycles. The molecule has 0 saturated heterocycles. The molecule has 0 bridgehead atoms. The van der Waals surface area contributed by atoms with Crippen LogP contribution in [0.5, 0.6) is 0 Å². The summed E-state index contributed by atoms with van der Waals surface area (Å²) in [5.41, 5.74) is 1.09. The predicted octanol–water partition coefficient (Wildman–Crippen LogP) is 0.898. The van der Waals surface area contributed by atoms with E-state index in [0.717, 1.165) is 0 Å². The van der Waals surface area contributed by atoms with Gasteiger partial charge >= 0.3 is 5.69 Å². The summed E-state index contributed by atoms with van der Waals surface area (Å²) in [6, 6.07) is 0.0938. The Bertz CT molecular complexity index is 448. The summed E-state index contributed by atoms with van der Waals surface area (Å²) < 4.78 is 6.26. The third-order valence-electron chi connectivity index (χ3n) is 1.76. The molecule has 0 radical (unpaired) electrons. The van der Waals surface area contributed by atoms with Gasteiger partial charge < -0.3 is 9.51 Å². The van der Waals surface area contributed by atoms with Crippen LogP contribution < -0.4 is 5.69 Å². The molecule has 2 rings (SSSR count). The van der Waals surface area contributed by atoms with E-state index in [1.165, 1.54) is 6.26 Å². The molecule has 64 valence electrons. The number of nitrogens with zero attached hydrogens (tertiary/aromatic N) is 2. The largest absolute Gasteiger partial charge is 0.360 e. The first-order chi connectivity index (χ1) is 5.70. The molecule has 0 unspecified atom stereocenters. The van der Waals surface area contributed by atoms with Gasteiger partial charge in [0.15, 0.2) is 0 Å². The minimum Gasteiger partial charge on any atom is -0.360 e. The second-order valence-corrected chi connectivity index (χ2v) is 2.95. The zero-order chi connectivity index (χ0) is 8.72. The molecule has 0 aliphatic heterocycles. The fraction of sp³-hybridized carbons (Fsp3) is 0.429. The summed E-state index contributed by atoms with van der Waals surface area (Å²) in [6.07, 6.45) is 1.43. The van der Waals surface area contributed by atoms with Gasteiger partial charge in [-0.15, -0.1) is 0 Å². The zero-order valence-corrected chi connectivity index (χ0v) is 6.87. The average molecular weight is 167 g/mol. The highest BCUT2D eigenvalue weighted by Crippen LogP contribution is 2.11. The Labute approximate surface area is 68.0 Å². The first-order valence-corrected chi connectivity index (χ1v) is 3.74. The molecule has 0 fully saturated rings. The number of hydrogen-bond acceptors (Lipinski definition) is 3. The fourth-order valence-electron chi connectivity index (χ4n) is 1.24. The molecule has 0 spiro atoms. The van der Waals surface area contributed by atoms with Crippen LogP contribution in [0.25, 0.3) is 11.2 Å². The first kappa shape index (κ1) is 7.15. The summed E-state index contributed by atoms with van der Waals surface area (Å²) in [7, 11) is 0. The summed E-state index contributed by atoms with van der Waals surface area (Å²) in [5, 5.41) is 3.72. The van der Waals surface area contributed by atoms with E-state index >= 15 is 0 Å². The second-order valence-electron chi connectivity index (χ2n) is 2.95. The van der Waals surface area contributed by atoms with Crippen LogP contribution >= 0.6 is 0 Å². The molecule has 2 aromatic heterocycles. The molecule has 0 aliphatic rings. The third-order valence-corrected chi connectivity index (χ3v) is 1.76. The molecular weight excluding hydrogens is 158 g/mol. The van der Waals surface area contributed by atoms with Gasteiger partial charge in [0.2, 0.25) is 5.65 Å². The van der Waals surface area contributed by atoms with Crippen LogP contribution in [0.4, 0.5) is 0 Å². The van der Waals surface area contributed by atoms with Crippen molar-refractivity contribution < 1.29 is 4.52 Å². The quantitative estimate of drug-likeness (QED) is 0.686. The number of fused-ring (bicyclic) bond motifs is 1. The minimum absolute atomic E-state index is 0.0938. The van der Waals surface area contributed by atoms with Gasteiger partial charge in [-0.05, 0) is 13.8 Å². The molecule has 5 heteroatoms. The minimum atomic E-state index is -0.140. The Hall–Kier alpha value is -1.52. The van der Waals surface area contributed by atoms with Gasteiger partial charge in [-0.3, -0.25) is 4.57 Å². The lowest BCUT2D eigenvalue weighted by atomic mass is 10.4. The van der Waals surface area contributed by atoms with Gasteiger partial charge in [-0.25, -0.2) is 4.79 Å². The normalized spacial score (nSPS) is 11.6. The van der Waals surface area contributed by atoms with E-state index in [4.69, 9.17) is 4.52 Å². The van der Waals surface area contributed by atoms with Crippen molar-refractivity contribution in [2.75, 3.05) is 0 Å². The molecule has 12 heavy (non-hydrogen) atoms. The van der Waals surface area contributed by atoms with E-state index < -0.39 is 0 Å². The lowest BCUT2D eigenvalue weighted by Gasteiger charge is -2.02. The smallest absolute Gasteiger partial charge is 0.328 e. The van der Waals surface area contributed by atoms with Crippen LogP contribution in [0.2, 0.25) is 0 Å². The van der Waals surface area contributed by atoms with E-state index in [1.807, 2.05) is 13.8 Å². The van der Waals surface area contributed by atoms with Crippen LogP contribution in [0.1, 0.15) is 19.9 Å². The van der Waals surface area contributed by atoms with E-state index in [-0.39, 0.29) is 11.7 Å². The van der Waals surface area contributed by atoms with E-state index in [9.17, 15) is 4.79 Å². The van der Waals surface area contributed by atoms with E-state index in [0.29, 0.717) is 11.2 Å². The predicted molar refractivity (Wildman–Crippen MR) is 43.0 cm³/mol. The van der Waals surface area contributed by atoms with Crippen molar-refractivity contribution in [3.63, 3.8) is 0 Å². The Balaban J connectivity index is 2.85. The highest BCUT2D eigenvalue weighted by molar-refractivity contribution is 5.68. The Morgan fingerprint density at radius 1 is 1.67 bits per heavy atom. The van der Waals surface area contributed by atoms with Crippen molar-refractivity contribution in [1.29, 1.82) is 0 Å². The summed E-state index contributed by atoms with van der Waals surface area (Å²) >= 11 is 0. The highest BCUT2D eigenvalue weighted by atomic mass is 16.5. The topological polar surface area (TPSA) is 63.8 Å². The molecule has 1 N–H and O–H groups in total. The Kier molecular flexibility index (Phi) is 1.33. The number of hydrogen-bond donors (Lipinski definition) is 1. The van der Waals surface area contributed by atoms with Gasteiger partial charge in [-0.1, -0.05) is 5.16 Å². The maximum absolute atomic E-state index is 11.3. The molecular formula is C7H9N3O2. The lowest BCUT2D eigenvalue weighted by Crippen LogP contribution is -2.18. The van der Waals surface area contributed by atoms with E-state index in [2.05, 4.69) is 10.1 Å². The maximum atomic E-state index is 11.3. The molecule has 0 aliphatic carbocycles. The third kappa shape index (κ3) is 0.792.